The first kappa shape index (κ1) is 16.9. The highest BCUT2D eigenvalue weighted by Gasteiger charge is 2.21. The molecule has 0 radical (unpaired) electrons. The molecule has 24 heavy (non-hydrogen) atoms. The summed E-state index contributed by atoms with van der Waals surface area (Å²) in [6, 6.07) is 8.26. The summed E-state index contributed by atoms with van der Waals surface area (Å²) in [6.45, 7) is 5.81. The molecular formula is C17H22N4O2S. The smallest absolute Gasteiger partial charge is 0.267 e. The average molecular weight is 346 g/mol. The summed E-state index contributed by atoms with van der Waals surface area (Å²) < 4.78 is 9.35. The van der Waals surface area contributed by atoms with Crippen LogP contribution in [0.25, 0.3) is 0 Å². The molecule has 7 heteroatoms. The second kappa shape index (κ2) is 7.72. The number of benzene rings is 1. The molecule has 2 aromatic rings. The molecular weight excluding hydrogens is 324 g/mol. The van der Waals surface area contributed by atoms with Crippen molar-refractivity contribution in [1.29, 1.82) is 0 Å². The van der Waals surface area contributed by atoms with Crippen molar-refractivity contribution in [2.75, 3.05) is 38.3 Å². The van der Waals surface area contributed by atoms with E-state index < -0.39 is 0 Å². The van der Waals surface area contributed by atoms with Crippen LogP contribution in [0.15, 0.2) is 24.3 Å². The molecule has 128 valence electrons. The molecule has 1 aromatic heterocycles. The first-order valence-corrected chi connectivity index (χ1v) is 8.95. The summed E-state index contributed by atoms with van der Waals surface area (Å²) >= 11 is 1.17. The first-order valence-electron chi connectivity index (χ1n) is 8.18. The van der Waals surface area contributed by atoms with Crippen LogP contribution in [-0.4, -0.2) is 53.7 Å². The van der Waals surface area contributed by atoms with Crippen LogP contribution < -0.4 is 4.90 Å². The molecule has 0 saturated carbocycles. The van der Waals surface area contributed by atoms with E-state index in [-0.39, 0.29) is 5.91 Å². The zero-order valence-corrected chi connectivity index (χ0v) is 14.9. The van der Waals surface area contributed by atoms with Crippen LogP contribution in [-0.2, 0) is 17.7 Å². The number of nitrogens with zero attached hydrogens (tertiary/aromatic N) is 4. The third kappa shape index (κ3) is 3.57. The number of rotatable bonds is 5. The number of hydrogen-bond acceptors (Lipinski definition) is 6. The van der Waals surface area contributed by atoms with Crippen LogP contribution in [0.2, 0.25) is 0 Å². The van der Waals surface area contributed by atoms with Gasteiger partial charge in [0.1, 0.15) is 4.88 Å². The van der Waals surface area contributed by atoms with Crippen molar-refractivity contribution < 1.29 is 9.53 Å². The highest BCUT2D eigenvalue weighted by molar-refractivity contribution is 7.07. The monoisotopic (exact) mass is 346 g/mol. The lowest BCUT2D eigenvalue weighted by Gasteiger charge is -2.31. The Morgan fingerprint density at radius 1 is 1.33 bits per heavy atom. The van der Waals surface area contributed by atoms with E-state index in [1.54, 1.807) is 4.90 Å². The van der Waals surface area contributed by atoms with E-state index in [0.717, 1.165) is 44.0 Å². The number of aryl methyl sites for hydroxylation is 1. The van der Waals surface area contributed by atoms with Crippen LogP contribution in [0.4, 0.5) is 5.69 Å². The van der Waals surface area contributed by atoms with Gasteiger partial charge in [-0.2, -0.15) is 0 Å². The molecule has 0 atom stereocenters. The Balaban J connectivity index is 1.77. The number of ether oxygens (including phenoxy) is 1. The molecule has 1 fully saturated rings. The second-order valence-electron chi connectivity index (χ2n) is 5.79. The molecule has 6 nitrogen and oxygen atoms in total. The van der Waals surface area contributed by atoms with Crippen molar-refractivity contribution in [3.8, 4) is 0 Å². The van der Waals surface area contributed by atoms with Crippen molar-refractivity contribution in [3.63, 3.8) is 0 Å². The van der Waals surface area contributed by atoms with Gasteiger partial charge in [0.05, 0.1) is 18.9 Å². The van der Waals surface area contributed by atoms with Gasteiger partial charge >= 0.3 is 0 Å². The summed E-state index contributed by atoms with van der Waals surface area (Å²) in [4.78, 5) is 17.4. The van der Waals surface area contributed by atoms with Crippen LogP contribution in [0.1, 0.15) is 27.9 Å². The van der Waals surface area contributed by atoms with E-state index in [0.29, 0.717) is 11.4 Å². The number of aromatic nitrogens is 2. The Bertz CT molecular complexity index is 697. The van der Waals surface area contributed by atoms with Gasteiger partial charge in [0.15, 0.2) is 0 Å². The number of carbonyl (C=O) groups excluding carboxylic acids is 1. The van der Waals surface area contributed by atoms with Crippen molar-refractivity contribution >= 4 is 23.1 Å². The molecule has 1 aromatic carbocycles. The van der Waals surface area contributed by atoms with Gasteiger partial charge in [-0.1, -0.05) is 29.6 Å². The molecule has 1 aliphatic heterocycles. The first-order chi connectivity index (χ1) is 11.7. The Hall–Kier alpha value is -1.99. The SMILES string of the molecule is CCc1nnsc1C(=O)N(C)Cc1ccccc1N1CCOCC1. The fraction of sp³-hybridized carbons (Fsp3) is 0.471. The fourth-order valence-corrected chi connectivity index (χ4v) is 3.61. The summed E-state index contributed by atoms with van der Waals surface area (Å²) in [5, 5.41) is 4.04. The molecule has 2 heterocycles. The van der Waals surface area contributed by atoms with Crippen molar-refractivity contribution in [2.45, 2.75) is 19.9 Å². The van der Waals surface area contributed by atoms with E-state index in [2.05, 4.69) is 26.6 Å². The van der Waals surface area contributed by atoms with Crippen LogP contribution in [0.5, 0.6) is 0 Å². The lowest BCUT2D eigenvalue weighted by Crippen LogP contribution is -2.37. The average Bonchev–Trinajstić information content (AvgIpc) is 3.11. The maximum atomic E-state index is 12.7. The van der Waals surface area contributed by atoms with E-state index in [4.69, 9.17) is 4.74 Å². The predicted octanol–water partition coefficient (Wildman–Crippen LogP) is 2.21. The fourth-order valence-electron chi connectivity index (χ4n) is 2.86. The predicted molar refractivity (Wildman–Crippen MR) is 94.6 cm³/mol. The van der Waals surface area contributed by atoms with Gasteiger partial charge in [-0.25, -0.2) is 0 Å². The minimum absolute atomic E-state index is 0.0152. The van der Waals surface area contributed by atoms with Crippen molar-refractivity contribution in [3.05, 3.63) is 40.4 Å². The number of para-hydroxylation sites is 1. The molecule has 0 unspecified atom stereocenters. The molecule has 0 N–H and O–H groups in total. The van der Waals surface area contributed by atoms with Gasteiger partial charge in [0.25, 0.3) is 5.91 Å². The van der Waals surface area contributed by atoms with Gasteiger partial charge in [0.2, 0.25) is 0 Å². The van der Waals surface area contributed by atoms with Gasteiger partial charge in [-0.05, 0) is 29.6 Å². The number of morpholine rings is 1. The number of amides is 1. The highest BCUT2D eigenvalue weighted by atomic mass is 32.1. The van der Waals surface area contributed by atoms with Gasteiger partial charge < -0.3 is 14.5 Å². The molecule has 1 saturated heterocycles. The number of carbonyl (C=O) groups is 1. The van der Waals surface area contributed by atoms with E-state index in [1.165, 1.54) is 17.2 Å². The van der Waals surface area contributed by atoms with Gasteiger partial charge in [-0.15, -0.1) is 5.10 Å². The van der Waals surface area contributed by atoms with E-state index in [9.17, 15) is 4.79 Å². The van der Waals surface area contributed by atoms with Crippen LogP contribution in [0, 0.1) is 0 Å². The van der Waals surface area contributed by atoms with Crippen LogP contribution >= 0.6 is 11.5 Å². The summed E-state index contributed by atoms with van der Waals surface area (Å²) in [5.74, 6) is -0.0152. The number of hydrogen-bond donors (Lipinski definition) is 0. The van der Waals surface area contributed by atoms with Gasteiger partial charge in [-0.3, -0.25) is 4.79 Å². The highest BCUT2D eigenvalue weighted by Crippen LogP contribution is 2.24. The standard InChI is InChI=1S/C17H22N4O2S/c1-3-14-16(24-19-18-14)17(22)20(2)12-13-6-4-5-7-15(13)21-8-10-23-11-9-21/h4-7H,3,8-12H2,1-2H3. The topological polar surface area (TPSA) is 58.6 Å². The Kier molecular flexibility index (Phi) is 5.42. The molecule has 1 aliphatic rings. The minimum atomic E-state index is -0.0152. The molecule has 0 spiro atoms. The molecule has 0 bridgehead atoms. The summed E-state index contributed by atoms with van der Waals surface area (Å²) in [5.41, 5.74) is 3.10. The summed E-state index contributed by atoms with van der Waals surface area (Å²) in [6.07, 6.45) is 0.718. The second-order valence-corrected chi connectivity index (χ2v) is 6.55. The normalized spacial score (nSPS) is 14.7. The lowest BCUT2D eigenvalue weighted by molar-refractivity contribution is 0.0788. The van der Waals surface area contributed by atoms with E-state index >= 15 is 0 Å². The molecule has 3 rings (SSSR count). The van der Waals surface area contributed by atoms with Crippen molar-refractivity contribution in [1.82, 2.24) is 14.5 Å². The third-order valence-corrected chi connectivity index (χ3v) is 4.94. The largest absolute Gasteiger partial charge is 0.378 e. The quantitative estimate of drug-likeness (QED) is 0.831. The Morgan fingerprint density at radius 3 is 2.83 bits per heavy atom. The molecule has 0 aliphatic carbocycles. The van der Waals surface area contributed by atoms with Crippen molar-refractivity contribution in [2.24, 2.45) is 0 Å². The minimum Gasteiger partial charge on any atom is -0.378 e. The maximum Gasteiger partial charge on any atom is 0.267 e. The zero-order valence-electron chi connectivity index (χ0n) is 14.1. The van der Waals surface area contributed by atoms with E-state index in [1.807, 2.05) is 26.1 Å². The van der Waals surface area contributed by atoms with Gasteiger partial charge in [0, 0.05) is 32.4 Å². The Labute approximate surface area is 146 Å². The lowest BCUT2D eigenvalue weighted by atomic mass is 10.1. The van der Waals surface area contributed by atoms with Crippen LogP contribution in [0.3, 0.4) is 0 Å². The zero-order chi connectivity index (χ0) is 16.9. The Morgan fingerprint density at radius 2 is 2.08 bits per heavy atom. The third-order valence-electron chi connectivity index (χ3n) is 4.18. The summed E-state index contributed by atoms with van der Waals surface area (Å²) in [7, 11) is 1.83. The number of anilines is 1. The molecule has 1 amide bonds. The maximum absolute atomic E-state index is 12.7.